The van der Waals surface area contributed by atoms with Crippen molar-refractivity contribution in [1.29, 1.82) is 0 Å². The van der Waals surface area contributed by atoms with Gasteiger partial charge in [0.15, 0.2) is 0 Å². The van der Waals surface area contributed by atoms with Gasteiger partial charge >= 0.3 is 0 Å². The van der Waals surface area contributed by atoms with Crippen LogP contribution in [0.1, 0.15) is 91.6 Å². The molecule has 11 aromatic rings. The maximum Gasteiger partial charge on any atom is 0.0726 e. The third-order valence-corrected chi connectivity index (χ3v) is 15.8. The van der Waals surface area contributed by atoms with Gasteiger partial charge < -0.3 is 4.90 Å². The molecule has 1 nitrogen and oxygen atoms in total. The zero-order chi connectivity index (χ0) is 48.9. The molecule has 0 amide bonds. The lowest BCUT2D eigenvalue weighted by atomic mass is 9.70. The van der Waals surface area contributed by atoms with Gasteiger partial charge in [0.05, 0.1) is 5.41 Å². The fourth-order valence-electron chi connectivity index (χ4n) is 12.2. The fraction of sp³-hybridized carbons (Fsp3) is 0.127. The fourth-order valence-corrected chi connectivity index (χ4v) is 12.2. The lowest BCUT2D eigenvalue weighted by molar-refractivity contribution is 0.590. The van der Waals surface area contributed by atoms with Gasteiger partial charge in [0.1, 0.15) is 0 Å². The number of benzene rings is 11. The van der Waals surface area contributed by atoms with Gasteiger partial charge in [-0.05, 0) is 182 Å². The number of fused-ring (bicyclic) bond motifs is 16. The molecule has 2 aliphatic carbocycles. The third kappa shape index (κ3) is 6.82. The van der Waals surface area contributed by atoms with Crippen LogP contribution in [0.2, 0.25) is 0 Å². The van der Waals surface area contributed by atoms with Crippen molar-refractivity contribution >= 4 is 61.0 Å². The van der Waals surface area contributed by atoms with Crippen LogP contribution < -0.4 is 4.90 Å². The second-order valence-electron chi connectivity index (χ2n) is 22.1. The Morgan fingerprint density at radius 2 is 0.778 bits per heavy atom. The Morgan fingerprint density at radius 1 is 0.333 bits per heavy atom. The minimum Gasteiger partial charge on any atom is -0.310 e. The van der Waals surface area contributed by atoms with Crippen molar-refractivity contribution in [2.75, 3.05) is 4.90 Å². The molecule has 0 aromatic heterocycles. The highest BCUT2D eigenvalue weighted by molar-refractivity contribution is 6.26. The van der Waals surface area contributed by atoms with Gasteiger partial charge in [-0.15, -0.1) is 0 Å². The van der Waals surface area contributed by atoms with Crippen LogP contribution in [0, 0.1) is 0 Å². The summed E-state index contributed by atoms with van der Waals surface area (Å²) in [5.41, 5.74) is 20.7. The van der Waals surface area contributed by atoms with Crippen LogP contribution in [-0.4, -0.2) is 0 Å². The van der Waals surface area contributed by atoms with Gasteiger partial charge in [-0.2, -0.15) is 0 Å². The van der Waals surface area contributed by atoms with E-state index < -0.39 is 5.41 Å². The van der Waals surface area contributed by atoms with Gasteiger partial charge in [-0.1, -0.05) is 217 Å². The highest BCUT2D eigenvalue weighted by atomic mass is 15.1. The van der Waals surface area contributed by atoms with Crippen LogP contribution in [0.5, 0.6) is 0 Å². The second-order valence-corrected chi connectivity index (χ2v) is 22.1. The van der Waals surface area contributed by atoms with Gasteiger partial charge in [0.2, 0.25) is 0 Å². The number of hydrogen-bond donors (Lipinski definition) is 0. The average Bonchev–Trinajstić information content (AvgIpc) is 3.86. The summed E-state index contributed by atoms with van der Waals surface area (Å²) < 4.78 is 0. The monoisotopic (exact) mass is 923 g/mol. The summed E-state index contributed by atoms with van der Waals surface area (Å²) in [6, 6.07) is 87.1. The predicted molar refractivity (Wildman–Crippen MR) is 307 cm³/mol. The molecule has 72 heavy (non-hydrogen) atoms. The molecule has 11 aromatic carbocycles. The molecular weight excluding hydrogens is 867 g/mol. The topological polar surface area (TPSA) is 3.24 Å². The minimum atomic E-state index is -0.628. The van der Waals surface area contributed by atoms with Crippen molar-refractivity contribution in [3.05, 3.63) is 281 Å². The number of nitrogens with zero attached hydrogens (tertiary/aromatic N) is 1. The molecule has 0 radical (unpaired) electrons. The van der Waals surface area contributed by atoms with E-state index >= 15 is 0 Å². The first-order valence-electron chi connectivity index (χ1n) is 25.6. The summed E-state index contributed by atoms with van der Waals surface area (Å²) in [5.74, 6) is 0. The molecule has 1 unspecified atom stereocenters. The van der Waals surface area contributed by atoms with Crippen LogP contribution in [0.3, 0.4) is 0 Å². The standard InChI is InChI=1S/C71H57N/c1-69(2,3)49-32-30-48(31-33-49)61(47-19-9-7-10-20-47)41-46-29-39-59-60-40-38-53(72(51-21-11-8-12-22-51)52-36-34-50(35-37-52)70(4,5)6)43-67(60)71(66(59)42-46)65-28-18-17-27-58(65)64-44-62-56-25-15-13-23-54(56)55-24-14-16-26-57(55)63(62)45-68(64)71/h7-45H,1-6H3/b61-41-. The quantitative estimate of drug-likeness (QED) is 0.119. The van der Waals surface area contributed by atoms with E-state index in [4.69, 9.17) is 0 Å². The maximum atomic E-state index is 2.58. The number of hydrogen-bond acceptors (Lipinski definition) is 1. The molecule has 346 valence electrons. The SMILES string of the molecule is CC(C)(C)c1ccc(/C(=C\c2ccc3c(c2)C2(c4ccccc4-c4cc5c6ccccc6c6ccccc6c5cc42)c2cc(N(c4ccccc4)c4ccc(C(C)(C)C)cc4)ccc2-3)c2ccccc2)cc1. The van der Waals surface area contributed by atoms with Gasteiger partial charge in [0, 0.05) is 17.1 Å². The van der Waals surface area contributed by atoms with E-state index in [1.54, 1.807) is 0 Å². The molecular formula is C71H57N. The van der Waals surface area contributed by atoms with Crippen molar-refractivity contribution < 1.29 is 0 Å². The molecule has 2 aliphatic rings. The Morgan fingerprint density at radius 3 is 1.40 bits per heavy atom. The summed E-state index contributed by atoms with van der Waals surface area (Å²) >= 11 is 0. The summed E-state index contributed by atoms with van der Waals surface area (Å²) in [7, 11) is 0. The number of anilines is 3. The first-order chi connectivity index (χ1) is 35.0. The van der Waals surface area contributed by atoms with Gasteiger partial charge in [-0.3, -0.25) is 0 Å². The van der Waals surface area contributed by atoms with Crippen molar-refractivity contribution in [3.8, 4) is 22.3 Å². The van der Waals surface area contributed by atoms with Crippen molar-refractivity contribution in [3.63, 3.8) is 0 Å². The Bertz CT molecular complexity index is 3960. The van der Waals surface area contributed by atoms with Crippen LogP contribution in [0.25, 0.3) is 66.2 Å². The normalized spacial score (nSPS) is 14.9. The first kappa shape index (κ1) is 43.7. The van der Waals surface area contributed by atoms with E-state index in [-0.39, 0.29) is 10.8 Å². The minimum absolute atomic E-state index is 0.0413. The van der Waals surface area contributed by atoms with E-state index in [0.29, 0.717) is 0 Å². The lowest BCUT2D eigenvalue weighted by Crippen LogP contribution is -2.26. The molecule has 1 spiro atoms. The molecule has 1 atom stereocenters. The molecule has 0 N–H and O–H groups in total. The highest BCUT2D eigenvalue weighted by Gasteiger charge is 2.52. The zero-order valence-corrected chi connectivity index (χ0v) is 42.0. The van der Waals surface area contributed by atoms with Crippen LogP contribution in [0.15, 0.2) is 231 Å². The van der Waals surface area contributed by atoms with Crippen molar-refractivity contribution in [2.45, 2.75) is 57.8 Å². The summed E-state index contributed by atoms with van der Waals surface area (Å²) in [4.78, 5) is 2.44. The third-order valence-electron chi connectivity index (χ3n) is 15.8. The predicted octanol–water partition coefficient (Wildman–Crippen LogP) is 19.1. The largest absolute Gasteiger partial charge is 0.310 e. The lowest BCUT2D eigenvalue weighted by Gasteiger charge is -2.33. The average molecular weight is 924 g/mol. The summed E-state index contributed by atoms with van der Waals surface area (Å²) in [6.07, 6.45) is 2.42. The van der Waals surface area contributed by atoms with E-state index in [9.17, 15) is 0 Å². The van der Waals surface area contributed by atoms with Crippen LogP contribution in [0.4, 0.5) is 17.1 Å². The molecule has 0 saturated carbocycles. The Hall–Kier alpha value is -8.26. The van der Waals surface area contributed by atoms with Crippen molar-refractivity contribution in [2.24, 2.45) is 0 Å². The van der Waals surface area contributed by atoms with Gasteiger partial charge in [0.25, 0.3) is 0 Å². The molecule has 0 bridgehead atoms. The maximum absolute atomic E-state index is 2.58. The molecule has 13 rings (SSSR count). The molecule has 1 heteroatoms. The second kappa shape index (κ2) is 16.4. The Balaban J connectivity index is 1.11. The number of para-hydroxylation sites is 1. The van der Waals surface area contributed by atoms with Crippen LogP contribution >= 0.6 is 0 Å². The first-order valence-corrected chi connectivity index (χ1v) is 25.6. The van der Waals surface area contributed by atoms with Crippen LogP contribution in [-0.2, 0) is 16.2 Å². The summed E-state index contributed by atoms with van der Waals surface area (Å²) in [5, 5.41) is 7.72. The molecule has 0 fully saturated rings. The van der Waals surface area contributed by atoms with E-state index in [1.807, 2.05) is 0 Å². The van der Waals surface area contributed by atoms with E-state index in [0.717, 1.165) is 17.1 Å². The Labute approximate surface area is 424 Å². The number of rotatable bonds is 6. The summed E-state index contributed by atoms with van der Waals surface area (Å²) in [6.45, 7) is 13.7. The molecule has 0 saturated heterocycles. The molecule has 0 aliphatic heterocycles. The van der Waals surface area contributed by atoms with E-state index in [2.05, 4.69) is 283 Å². The highest BCUT2D eigenvalue weighted by Crippen LogP contribution is 2.64. The van der Waals surface area contributed by atoms with E-state index in [1.165, 1.54) is 110 Å². The zero-order valence-electron chi connectivity index (χ0n) is 42.0. The Kier molecular flexibility index (Phi) is 9.97. The smallest absolute Gasteiger partial charge is 0.0726 e. The van der Waals surface area contributed by atoms with Crippen molar-refractivity contribution in [1.82, 2.24) is 0 Å². The molecule has 0 heterocycles. The van der Waals surface area contributed by atoms with Gasteiger partial charge in [-0.25, -0.2) is 0 Å².